The van der Waals surface area contributed by atoms with Crippen molar-refractivity contribution in [3.63, 3.8) is 0 Å². The molecule has 3 aromatic rings. The molecule has 2 aromatic carbocycles. The third-order valence-electron chi connectivity index (χ3n) is 4.16. The molecule has 0 saturated heterocycles. The van der Waals surface area contributed by atoms with Crippen LogP contribution in [0.2, 0.25) is 0 Å². The first-order valence-corrected chi connectivity index (χ1v) is 10.3. The SMILES string of the molecule is COc1cc(/C=C(/C#N)C(=O)Nc2cc(C)on2)ccc1OCCOc1ccc(Br)cc1. The molecule has 0 unspecified atom stereocenters. The molecule has 0 fully saturated rings. The van der Waals surface area contributed by atoms with E-state index in [4.69, 9.17) is 18.7 Å². The summed E-state index contributed by atoms with van der Waals surface area (Å²) in [6.45, 7) is 2.36. The minimum absolute atomic E-state index is 0.0933. The predicted octanol–water partition coefficient (Wildman–Crippen LogP) is 4.76. The lowest BCUT2D eigenvalue weighted by molar-refractivity contribution is -0.112. The highest BCUT2D eigenvalue weighted by atomic mass is 79.9. The molecular formula is C23H20BrN3O5. The third kappa shape index (κ3) is 6.36. The molecule has 164 valence electrons. The Hall–Kier alpha value is -3.77. The number of methoxy groups -OCH3 is 1. The van der Waals surface area contributed by atoms with Gasteiger partial charge in [-0.15, -0.1) is 0 Å². The number of aromatic nitrogens is 1. The quantitative estimate of drug-likeness (QED) is 0.258. The van der Waals surface area contributed by atoms with Crippen molar-refractivity contribution in [2.24, 2.45) is 0 Å². The van der Waals surface area contributed by atoms with Crippen LogP contribution in [0, 0.1) is 18.3 Å². The van der Waals surface area contributed by atoms with Gasteiger partial charge in [0.25, 0.3) is 5.91 Å². The standard InChI is InChI=1S/C23H20BrN3O5/c1-15-11-22(27-32-15)26-23(28)17(14-25)12-16-3-8-20(21(13-16)29-2)31-10-9-30-19-6-4-18(24)5-7-19/h3-8,11-13H,9-10H2,1-2H3,(H,26,27,28)/b17-12-. The highest BCUT2D eigenvalue weighted by molar-refractivity contribution is 9.10. The van der Waals surface area contributed by atoms with Crippen molar-refractivity contribution in [3.05, 3.63) is 69.9 Å². The van der Waals surface area contributed by atoms with E-state index in [0.717, 1.165) is 10.2 Å². The first-order chi connectivity index (χ1) is 15.5. The molecule has 1 amide bonds. The normalized spacial score (nSPS) is 10.9. The highest BCUT2D eigenvalue weighted by Gasteiger charge is 2.13. The molecule has 0 saturated carbocycles. The summed E-state index contributed by atoms with van der Waals surface area (Å²) in [6.07, 6.45) is 1.45. The van der Waals surface area contributed by atoms with E-state index in [0.29, 0.717) is 36.0 Å². The Kier molecular flexibility index (Phi) is 7.89. The number of aryl methyl sites for hydroxylation is 1. The first-order valence-electron chi connectivity index (χ1n) is 9.54. The van der Waals surface area contributed by atoms with Gasteiger partial charge in [0.15, 0.2) is 17.3 Å². The summed E-state index contributed by atoms with van der Waals surface area (Å²) in [5, 5.41) is 15.6. The van der Waals surface area contributed by atoms with Crippen molar-refractivity contribution in [1.82, 2.24) is 5.16 Å². The summed E-state index contributed by atoms with van der Waals surface area (Å²) in [6, 6.07) is 16.1. The number of nitriles is 1. The fourth-order valence-electron chi connectivity index (χ4n) is 2.66. The van der Waals surface area contributed by atoms with Gasteiger partial charge in [0.05, 0.1) is 7.11 Å². The molecule has 1 aromatic heterocycles. The zero-order valence-electron chi connectivity index (χ0n) is 17.4. The smallest absolute Gasteiger partial charge is 0.267 e. The maximum absolute atomic E-state index is 12.3. The van der Waals surface area contributed by atoms with Crippen LogP contribution in [0.1, 0.15) is 11.3 Å². The lowest BCUT2D eigenvalue weighted by atomic mass is 10.1. The van der Waals surface area contributed by atoms with E-state index in [-0.39, 0.29) is 11.4 Å². The van der Waals surface area contributed by atoms with Crippen LogP contribution < -0.4 is 19.5 Å². The number of ether oxygens (including phenoxy) is 3. The Balaban J connectivity index is 1.62. The molecule has 1 heterocycles. The monoisotopic (exact) mass is 497 g/mol. The van der Waals surface area contributed by atoms with E-state index < -0.39 is 5.91 Å². The lowest BCUT2D eigenvalue weighted by Crippen LogP contribution is -2.13. The second-order valence-corrected chi connectivity index (χ2v) is 7.42. The molecule has 0 spiro atoms. The van der Waals surface area contributed by atoms with Gasteiger partial charge in [-0.3, -0.25) is 4.79 Å². The van der Waals surface area contributed by atoms with Crippen LogP contribution in [0.5, 0.6) is 17.2 Å². The summed E-state index contributed by atoms with van der Waals surface area (Å²) < 4.78 is 22.6. The van der Waals surface area contributed by atoms with Crippen molar-refractivity contribution in [1.29, 1.82) is 5.26 Å². The maximum Gasteiger partial charge on any atom is 0.267 e. The Labute approximate surface area is 193 Å². The van der Waals surface area contributed by atoms with E-state index in [1.807, 2.05) is 30.3 Å². The van der Waals surface area contributed by atoms with Gasteiger partial charge in [-0.2, -0.15) is 5.26 Å². The number of nitrogens with zero attached hydrogens (tertiary/aromatic N) is 2. The van der Waals surface area contributed by atoms with Gasteiger partial charge >= 0.3 is 0 Å². The van der Waals surface area contributed by atoms with Crippen LogP contribution in [0.15, 0.2) is 63.1 Å². The minimum Gasteiger partial charge on any atom is -0.493 e. The third-order valence-corrected chi connectivity index (χ3v) is 4.69. The zero-order chi connectivity index (χ0) is 22.9. The summed E-state index contributed by atoms with van der Waals surface area (Å²) in [5.74, 6) is 1.92. The predicted molar refractivity (Wildman–Crippen MR) is 122 cm³/mol. The molecule has 0 aliphatic heterocycles. The summed E-state index contributed by atoms with van der Waals surface area (Å²) >= 11 is 3.38. The van der Waals surface area contributed by atoms with Crippen LogP contribution in [0.25, 0.3) is 6.08 Å². The van der Waals surface area contributed by atoms with Crippen LogP contribution in [0.4, 0.5) is 5.82 Å². The number of hydrogen-bond donors (Lipinski definition) is 1. The van der Waals surface area contributed by atoms with E-state index in [1.165, 1.54) is 13.2 Å². The topological polar surface area (TPSA) is 107 Å². The van der Waals surface area contributed by atoms with Gasteiger partial charge in [0.2, 0.25) is 0 Å². The second kappa shape index (κ2) is 11.0. The van der Waals surface area contributed by atoms with Gasteiger partial charge in [-0.05, 0) is 55.0 Å². The number of halogens is 1. The van der Waals surface area contributed by atoms with Gasteiger partial charge in [0.1, 0.15) is 36.4 Å². The average molecular weight is 498 g/mol. The number of hydrogen-bond acceptors (Lipinski definition) is 7. The summed E-state index contributed by atoms with van der Waals surface area (Å²) in [4.78, 5) is 12.3. The molecule has 0 radical (unpaired) electrons. The number of rotatable bonds is 9. The second-order valence-electron chi connectivity index (χ2n) is 6.51. The molecule has 8 nitrogen and oxygen atoms in total. The van der Waals surface area contributed by atoms with Crippen LogP contribution in [0.3, 0.4) is 0 Å². The molecule has 3 rings (SSSR count). The Morgan fingerprint density at radius 1 is 1.16 bits per heavy atom. The van der Waals surface area contributed by atoms with Crippen LogP contribution >= 0.6 is 15.9 Å². The molecule has 9 heteroatoms. The highest BCUT2D eigenvalue weighted by Crippen LogP contribution is 2.29. The number of anilines is 1. The van der Waals surface area contributed by atoms with E-state index >= 15 is 0 Å². The average Bonchev–Trinajstić information content (AvgIpc) is 3.21. The van der Waals surface area contributed by atoms with Gasteiger partial charge in [-0.1, -0.05) is 27.2 Å². The van der Waals surface area contributed by atoms with Crippen molar-refractivity contribution >= 4 is 33.7 Å². The number of carbonyl (C=O) groups excluding carboxylic acids is 1. The first kappa shape index (κ1) is 22.9. The Bertz CT molecular complexity index is 1150. The van der Waals surface area contributed by atoms with Crippen LogP contribution in [-0.4, -0.2) is 31.4 Å². The number of amides is 1. The van der Waals surface area contributed by atoms with Gasteiger partial charge < -0.3 is 24.1 Å². The number of carbonyl (C=O) groups is 1. The lowest BCUT2D eigenvalue weighted by Gasteiger charge is -2.12. The molecule has 1 N–H and O–H groups in total. The van der Waals surface area contributed by atoms with Crippen molar-refractivity contribution < 1.29 is 23.5 Å². The largest absolute Gasteiger partial charge is 0.493 e. The van der Waals surface area contributed by atoms with Crippen molar-refractivity contribution in [3.8, 4) is 23.3 Å². The maximum atomic E-state index is 12.3. The molecule has 0 aliphatic carbocycles. The summed E-state index contributed by atoms with van der Waals surface area (Å²) in [7, 11) is 1.51. The van der Waals surface area contributed by atoms with Crippen molar-refractivity contribution in [2.75, 3.05) is 25.6 Å². The number of benzene rings is 2. The van der Waals surface area contributed by atoms with Gasteiger partial charge in [0, 0.05) is 10.5 Å². The molecule has 0 atom stereocenters. The zero-order valence-corrected chi connectivity index (χ0v) is 19.0. The van der Waals surface area contributed by atoms with E-state index in [1.54, 1.807) is 31.2 Å². The van der Waals surface area contributed by atoms with Crippen LogP contribution in [-0.2, 0) is 4.79 Å². The Morgan fingerprint density at radius 2 is 1.91 bits per heavy atom. The van der Waals surface area contributed by atoms with E-state index in [2.05, 4.69) is 26.4 Å². The fourth-order valence-corrected chi connectivity index (χ4v) is 2.92. The Morgan fingerprint density at radius 3 is 2.56 bits per heavy atom. The molecule has 0 bridgehead atoms. The minimum atomic E-state index is -0.592. The fraction of sp³-hybridized carbons (Fsp3) is 0.174. The number of nitrogens with one attached hydrogen (secondary N) is 1. The molecular weight excluding hydrogens is 478 g/mol. The van der Waals surface area contributed by atoms with E-state index in [9.17, 15) is 10.1 Å². The van der Waals surface area contributed by atoms with Gasteiger partial charge in [-0.25, -0.2) is 0 Å². The molecule has 0 aliphatic rings. The van der Waals surface area contributed by atoms with Crippen molar-refractivity contribution in [2.45, 2.75) is 6.92 Å². The molecule has 32 heavy (non-hydrogen) atoms. The summed E-state index contributed by atoms with van der Waals surface area (Å²) in [5.41, 5.74) is 0.507.